The highest BCUT2D eigenvalue weighted by Crippen LogP contribution is 2.15. The normalized spacial score (nSPS) is 11.3. The summed E-state index contributed by atoms with van der Waals surface area (Å²) in [6, 6.07) is 15.2. The predicted molar refractivity (Wildman–Crippen MR) is 115 cm³/mol. The maximum absolute atomic E-state index is 12.0. The fraction of sp³-hybridized carbons (Fsp3) is 0.250. The van der Waals surface area contributed by atoms with Crippen molar-refractivity contribution in [1.29, 1.82) is 0 Å². The number of ether oxygens (including phenoxy) is 3. The van der Waals surface area contributed by atoms with Crippen molar-refractivity contribution in [1.82, 2.24) is 9.55 Å². The third-order valence-electron chi connectivity index (χ3n) is 4.43. The standard InChI is InChI=1S/C24H26N2O4/c1-3-30-24(27)22-6-4-5-20(14-22)13-21(15-26-12-11-25-18-26)17-29-16-19-7-9-23(28-2)10-8-19/h4-14,18H,3,15-17H2,1-2H3/b21-13+. The second-order valence-electron chi connectivity index (χ2n) is 6.72. The number of hydrogen-bond donors (Lipinski definition) is 0. The second-order valence-corrected chi connectivity index (χ2v) is 6.72. The molecule has 0 bridgehead atoms. The molecular formula is C24H26N2O4. The third-order valence-corrected chi connectivity index (χ3v) is 4.43. The molecule has 0 aliphatic carbocycles. The maximum Gasteiger partial charge on any atom is 0.338 e. The van der Waals surface area contributed by atoms with Crippen LogP contribution in [0.2, 0.25) is 0 Å². The van der Waals surface area contributed by atoms with Crippen LogP contribution in [0.25, 0.3) is 6.08 Å². The molecule has 1 aromatic heterocycles. The molecule has 0 amide bonds. The van der Waals surface area contributed by atoms with Crippen molar-refractivity contribution in [2.75, 3.05) is 20.3 Å². The van der Waals surface area contributed by atoms with E-state index in [0.29, 0.717) is 31.9 Å². The molecule has 3 rings (SSSR count). The van der Waals surface area contributed by atoms with Gasteiger partial charge in [-0.1, -0.05) is 30.3 Å². The molecule has 1 heterocycles. The largest absolute Gasteiger partial charge is 0.497 e. The zero-order valence-electron chi connectivity index (χ0n) is 17.3. The summed E-state index contributed by atoms with van der Waals surface area (Å²) in [5.74, 6) is 0.501. The monoisotopic (exact) mass is 406 g/mol. The number of carbonyl (C=O) groups excluding carboxylic acids is 1. The molecule has 156 valence electrons. The molecule has 6 nitrogen and oxygen atoms in total. The fourth-order valence-corrected chi connectivity index (χ4v) is 2.98. The summed E-state index contributed by atoms with van der Waals surface area (Å²) in [6.45, 7) is 3.74. The van der Waals surface area contributed by atoms with E-state index in [9.17, 15) is 4.79 Å². The fourth-order valence-electron chi connectivity index (χ4n) is 2.98. The first-order chi connectivity index (χ1) is 14.7. The average Bonchev–Trinajstić information content (AvgIpc) is 3.27. The van der Waals surface area contributed by atoms with E-state index in [2.05, 4.69) is 4.98 Å². The van der Waals surface area contributed by atoms with Gasteiger partial charge in [0.1, 0.15) is 5.75 Å². The van der Waals surface area contributed by atoms with Crippen molar-refractivity contribution in [3.8, 4) is 5.75 Å². The van der Waals surface area contributed by atoms with Crippen LogP contribution in [0.3, 0.4) is 0 Å². The average molecular weight is 406 g/mol. The van der Waals surface area contributed by atoms with Crippen LogP contribution in [-0.4, -0.2) is 35.8 Å². The molecule has 0 radical (unpaired) electrons. The molecule has 0 aliphatic heterocycles. The number of nitrogens with zero attached hydrogens (tertiary/aromatic N) is 2. The molecule has 0 unspecified atom stereocenters. The minimum absolute atomic E-state index is 0.320. The van der Waals surface area contributed by atoms with Crippen LogP contribution in [0, 0.1) is 0 Å². The Hall–Kier alpha value is -3.38. The topological polar surface area (TPSA) is 62.6 Å². The van der Waals surface area contributed by atoms with Gasteiger partial charge in [-0.15, -0.1) is 0 Å². The van der Waals surface area contributed by atoms with Gasteiger partial charge < -0.3 is 18.8 Å². The van der Waals surface area contributed by atoms with Gasteiger partial charge in [-0.2, -0.15) is 0 Å². The molecule has 3 aromatic rings. The Balaban J connectivity index is 1.71. The summed E-state index contributed by atoms with van der Waals surface area (Å²) in [5, 5.41) is 0. The number of esters is 1. The number of hydrogen-bond acceptors (Lipinski definition) is 5. The van der Waals surface area contributed by atoms with Crippen LogP contribution in [-0.2, 0) is 22.6 Å². The molecule has 2 aromatic carbocycles. The Kier molecular flexibility index (Phi) is 7.80. The van der Waals surface area contributed by atoms with Crippen molar-refractivity contribution in [2.24, 2.45) is 0 Å². The molecule has 0 saturated carbocycles. The van der Waals surface area contributed by atoms with Crippen LogP contribution < -0.4 is 4.74 Å². The molecule has 6 heteroatoms. The van der Waals surface area contributed by atoms with E-state index in [4.69, 9.17) is 14.2 Å². The SMILES string of the molecule is CCOC(=O)c1cccc(/C=C(/COCc2ccc(OC)cc2)Cn2ccnc2)c1. The molecule has 0 spiro atoms. The summed E-state index contributed by atoms with van der Waals surface area (Å²) in [5.41, 5.74) is 3.58. The van der Waals surface area contributed by atoms with Crippen molar-refractivity contribution >= 4 is 12.0 Å². The van der Waals surface area contributed by atoms with E-state index in [1.54, 1.807) is 32.6 Å². The molecule has 0 fully saturated rings. The number of carbonyl (C=O) groups is 1. The lowest BCUT2D eigenvalue weighted by molar-refractivity contribution is 0.0526. The van der Waals surface area contributed by atoms with Gasteiger partial charge in [0, 0.05) is 18.9 Å². The van der Waals surface area contributed by atoms with Gasteiger partial charge in [0.05, 0.1) is 38.8 Å². The maximum atomic E-state index is 12.0. The Morgan fingerprint density at radius 2 is 2.00 bits per heavy atom. The number of benzene rings is 2. The van der Waals surface area contributed by atoms with Crippen LogP contribution >= 0.6 is 0 Å². The molecular weight excluding hydrogens is 380 g/mol. The Labute approximate surface area is 176 Å². The van der Waals surface area contributed by atoms with E-state index < -0.39 is 0 Å². The van der Waals surface area contributed by atoms with Crippen LogP contribution in [0.1, 0.15) is 28.4 Å². The number of imidazole rings is 1. The Bertz CT molecular complexity index is 963. The highest BCUT2D eigenvalue weighted by Gasteiger charge is 2.07. The highest BCUT2D eigenvalue weighted by molar-refractivity contribution is 5.90. The first-order valence-corrected chi connectivity index (χ1v) is 9.81. The highest BCUT2D eigenvalue weighted by atomic mass is 16.5. The summed E-state index contributed by atoms with van der Waals surface area (Å²) in [7, 11) is 1.65. The summed E-state index contributed by atoms with van der Waals surface area (Å²) in [6.07, 6.45) is 7.46. The van der Waals surface area contributed by atoms with E-state index >= 15 is 0 Å². The predicted octanol–water partition coefficient (Wildman–Crippen LogP) is 4.37. The van der Waals surface area contributed by atoms with Gasteiger partial charge in [-0.25, -0.2) is 9.78 Å². The van der Waals surface area contributed by atoms with E-state index in [-0.39, 0.29) is 5.97 Å². The zero-order chi connectivity index (χ0) is 21.2. The van der Waals surface area contributed by atoms with Gasteiger partial charge in [0.25, 0.3) is 0 Å². The van der Waals surface area contributed by atoms with Crippen molar-refractivity contribution in [3.05, 3.63) is 89.5 Å². The summed E-state index contributed by atoms with van der Waals surface area (Å²) >= 11 is 0. The number of aromatic nitrogens is 2. The first-order valence-electron chi connectivity index (χ1n) is 9.81. The first kappa shape index (κ1) is 21.3. The minimum atomic E-state index is -0.320. The molecule has 0 aliphatic rings. The summed E-state index contributed by atoms with van der Waals surface area (Å²) < 4.78 is 18.2. The van der Waals surface area contributed by atoms with Crippen LogP contribution in [0.4, 0.5) is 0 Å². The van der Waals surface area contributed by atoms with Crippen molar-refractivity contribution < 1.29 is 19.0 Å². The quantitative estimate of drug-likeness (QED) is 0.468. The molecule has 0 saturated heterocycles. The lowest BCUT2D eigenvalue weighted by Crippen LogP contribution is -2.07. The smallest absolute Gasteiger partial charge is 0.338 e. The molecule has 0 N–H and O–H groups in total. The molecule has 0 atom stereocenters. The van der Waals surface area contributed by atoms with E-state index in [1.165, 1.54) is 0 Å². The van der Waals surface area contributed by atoms with Crippen LogP contribution in [0.15, 0.2) is 72.8 Å². The van der Waals surface area contributed by atoms with Gasteiger partial charge in [-0.3, -0.25) is 0 Å². The number of rotatable bonds is 10. The van der Waals surface area contributed by atoms with E-state index in [1.807, 2.05) is 59.3 Å². The lowest BCUT2D eigenvalue weighted by atomic mass is 10.1. The molecule has 30 heavy (non-hydrogen) atoms. The van der Waals surface area contributed by atoms with Gasteiger partial charge >= 0.3 is 5.97 Å². The lowest BCUT2D eigenvalue weighted by Gasteiger charge is -2.11. The van der Waals surface area contributed by atoms with Gasteiger partial charge in [-0.05, 0) is 47.9 Å². The second kappa shape index (κ2) is 11.0. The van der Waals surface area contributed by atoms with Crippen LogP contribution in [0.5, 0.6) is 5.75 Å². The third kappa shape index (κ3) is 6.32. The Morgan fingerprint density at radius 1 is 1.17 bits per heavy atom. The van der Waals surface area contributed by atoms with E-state index in [0.717, 1.165) is 22.4 Å². The minimum Gasteiger partial charge on any atom is -0.497 e. The zero-order valence-corrected chi connectivity index (χ0v) is 17.3. The number of methoxy groups -OCH3 is 1. The van der Waals surface area contributed by atoms with Crippen molar-refractivity contribution in [2.45, 2.75) is 20.1 Å². The van der Waals surface area contributed by atoms with Crippen molar-refractivity contribution in [3.63, 3.8) is 0 Å². The van der Waals surface area contributed by atoms with Gasteiger partial charge in [0.15, 0.2) is 0 Å². The Morgan fingerprint density at radius 3 is 2.70 bits per heavy atom. The summed E-state index contributed by atoms with van der Waals surface area (Å²) in [4.78, 5) is 16.1. The van der Waals surface area contributed by atoms with Gasteiger partial charge in [0.2, 0.25) is 0 Å².